The highest BCUT2D eigenvalue weighted by Gasteiger charge is 2.69. The molecule has 5 aliphatic carbocycles. The van der Waals surface area contributed by atoms with Crippen molar-refractivity contribution in [3.8, 4) is 0 Å². The van der Waals surface area contributed by atoms with E-state index in [2.05, 4.69) is 37.1 Å². The first-order valence-electron chi connectivity index (χ1n) is 25.0. The number of aliphatic hydroxyl groups is 11. The van der Waals surface area contributed by atoms with E-state index in [9.17, 15) is 79.0 Å². The van der Waals surface area contributed by atoms with Gasteiger partial charge in [-0.3, -0.25) is 9.35 Å². The van der Waals surface area contributed by atoms with E-state index in [1.54, 1.807) is 6.92 Å². The minimum atomic E-state index is -5.25. The van der Waals surface area contributed by atoms with Gasteiger partial charge in [-0.05, 0) is 93.5 Å². The van der Waals surface area contributed by atoms with Crippen LogP contribution in [0.5, 0.6) is 0 Å². The van der Waals surface area contributed by atoms with Crippen LogP contribution < -0.4 is 0 Å². The monoisotopic (exact) mass is 1050 g/mol. The molecule has 23 nitrogen and oxygen atoms in total. The molecule has 0 aromatic rings. The molecule has 8 rings (SSSR count). The minimum absolute atomic E-state index is 0.128. The van der Waals surface area contributed by atoms with E-state index >= 15 is 0 Å². The van der Waals surface area contributed by atoms with E-state index < -0.39 is 166 Å². The second-order valence-electron chi connectivity index (χ2n) is 23.3. The maximum absolute atomic E-state index is 12.7. The van der Waals surface area contributed by atoms with E-state index in [1.807, 2.05) is 6.92 Å². The molecule has 13 N–H and O–H groups in total. The van der Waals surface area contributed by atoms with Gasteiger partial charge in [0.25, 0.3) is 0 Å². The number of carboxylic acids is 1. The van der Waals surface area contributed by atoms with Crippen molar-refractivity contribution >= 4 is 16.4 Å². The summed E-state index contributed by atoms with van der Waals surface area (Å²) in [7, 11) is -5.25. The summed E-state index contributed by atoms with van der Waals surface area (Å²) in [5.74, 6) is -1.30. The molecule has 0 unspecified atom stereocenters. The second-order valence-corrected chi connectivity index (χ2v) is 24.3. The van der Waals surface area contributed by atoms with Crippen LogP contribution in [-0.2, 0) is 47.8 Å². The van der Waals surface area contributed by atoms with Crippen LogP contribution in [0, 0.1) is 44.3 Å². The van der Waals surface area contributed by atoms with Crippen LogP contribution in [-0.4, -0.2) is 211 Å². The maximum atomic E-state index is 12.7. The SMILES string of the molecule is C[C@H]1O[C@@H](O[C@H]2CC[C@@]3(C)[C@@H](CC[C@]4(C)[C@@H]3C=CC3=C5C[C@@](C)(C(=O)O)CC[C@]5(CO)[C@H](O)C[C@]34C)[C@]2(C)CO)[C@H](O[C@@H]2O[C@H](CO)[C@@H](O)[C@H](O)[C@H]2O)[C@@H](O[C@@H]2O[C@H](CO)[C@@H](OS(=O)(=O)O)[C@H](O)[C@H]2O)[C@H]1O. The molecule has 3 saturated carbocycles. The van der Waals surface area contributed by atoms with Crippen LogP contribution in [0.2, 0.25) is 0 Å². The normalized spacial score (nSPS) is 52.7. The van der Waals surface area contributed by atoms with Gasteiger partial charge < -0.3 is 89.7 Å². The third kappa shape index (κ3) is 8.87. The molecule has 412 valence electrons. The minimum Gasteiger partial charge on any atom is -0.481 e. The molecule has 0 spiro atoms. The molecule has 25 atom stereocenters. The zero-order chi connectivity index (χ0) is 53.1. The van der Waals surface area contributed by atoms with Crippen LogP contribution in [0.1, 0.15) is 92.9 Å². The number of carbonyl (C=O) groups is 1. The molecule has 0 amide bonds. The highest BCUT2D eigenvalue weighted by atomic mass is 32.3. The third-order valence-corrected chi connectivity index (χ3v) is 19.9. The highest BCUT2D eigenvalue weighted by Crippen LogP contribution is 2.74. The van der Waals surface area contributed by atoms with Crippen molar-refractivity contribution in [2.75, 3.05) is 26.4 Å². The zero-order valence-electron chi connectivity index (χ0n) is 41.4. The largest absolute Gasteiger partial charge is 0.481 e. The van der Waals surface area contributed by atoms with Crippen molar-refractivity contribution in [2.24, 2.45) is 44.3 Å². The van der Waals surface area contributed by atoms with E-state index in [0.29, 0.717) is 44.9 Å². The van der Waals surface area contributed by atoms with Gasteiger partial charge in [0.15, 0.2) is 18.9 Å². The van der Waals surface area contributed by atoms with Crippen LogP contribution in [0.4, 0.5) is 0 Å². The topological polar surface area (TPSA) is 379 Å². The molecule has 0 aromatic heterocycles. The van der Waals surface area contributed by atoms with Crippen LogP contribution in [0.15, 0.2) is 23.3 Å². The fraction of sp³-hybridized carbons (Fsp3) is 0.896. The average molecular weight is 1050 g/mol. The third-order valence-electron chi connectivity index (χ3n) is 19.5. The Labute approximate surface area is 418 Å². The summed E-state index contributed by atoms with van der Waals surface area (Å²) >= 11 is 0. The van der Waals surface area contributed by atoms with Crippen molar-refractivity contribution in [1.82, 2.24) is 0 Å². The van der Waals surface area contributed by atoms with Gasteiger partial charge in [-0.2, -0.15) is 8.42 Å². The van der Waals surface area contributed by atoms with E-state index in [1.165, 1.54) is 6.92 Å². The molecule has 0 aromatic carbocycles. The van der Waals surface area contributed by atoms with E-state index in [0.717, 1.165) is 11.1 Å². The summed E-state index contributed by atoms with van der Waals surface area (Å²) in [4.78, 5) is 12.7. The molecular formula is C48H76O23S. The average Bonchev–Trinajstić information content (AvgIpc) is 3.32. The number of carboxylic acid groups (broad SMARTS) is 1. The van der Waals surface area contributed by atoms with Crippen molar-refractivity contribution in [3.05, 3.63) is 23.3 Å². The predicted octanol–water partition coefficient (Wildman–Crippen LogP) is -1.60. The van der Waals surface area contributed by atoms with Crippen LogP contribution in [0.3, 0.4) is 0 Å². The Balaban J connectivity index is 1.12. The lowest BCUT2D eigenvalue weighted by atomic mass is 9.35. The van der Waals surface area contributed by atoms with Gasteiger partial charge in [0.05, 0.1) is 50.2 Å². The van der Waals surface area contributed by atoms with E-state index in [-0.39, 0.29) is 31.5 Å². The molecular weight excluding hydrogens is 977 g/mol. The first kappa shape index (κ1) is 56.3. The fourth-order valence-electron chi connectivity index (χ4n) is 14.8. The molecule has 3 heterocycles. The second kappa shape index (κ2) is 19.9. The Hall–Kier alpha value is -1.86. The summed E-state index contributed by atoms with van der Waals surface area (Å²) in [5.41, 5.74) is -2.97. The molecule has 3 saturated heterocycles. The summed E-state index contributed by atoms with van der Waals surface area (Å²) < 4.78 is 74.0. The van der Waals surface area contributed by atoms with Crippen molar-refractivity contribution < 1.29 is 112 Å². The molecule has 24 heteroatoms. The van der Waals surface area contributed by atoms with Crippen molar-refractivity contribution in [3.63, 3.8) is 0 Å². The van der Waals surface area contributed by atoms with Gasteiger partial charge in [0.2, 0.25) is 0 Å². The number of hydrogen-bond donors (Lipinski definition) is 13. The first-order chi connectivity index (χ1) is 33.5. The fourth-order valence-corrected chi connectivity index (χ4v) is 15.3. The number of fused-ring (bicyclic) bond motifs is 6. The number of aliphatic carboxylic acids is 1. The predicted molar refractivity (Wildman–Crippen MR) is 244 cm³/mol. The van der Waals surface area contributed by atoms with Crippen molar-refractivity contribution in [1.29, 1.82) is 0 Å². The summed E-state index contributed by atoms with van der Waals surface area (Å²) in [6, 6.07) is 0. The van der Waals surface area contributed by atoms with Crippen molar-refractivity contribution in [2.45, 2.75) is 197 Å². The molecule has 72 heavy (non-hydrogen) atoms. The van der Waals surface area contributed by atoms with E-state index in [4.69, 9.17) is 28.4 Å². The van der Waals surface area contributed by atoms with Crippen LogP contribution in [0.25, 0.3) is 0 Å². The zero-order valence-corrected chi connectivity index (χ0v) is 42.2. The summed E-state index contributed by atoms with van der Waals surface area (Å²) in [6.07, 6.45) is -21.4. The molecule has 3 aliphatic heterocycles. The smallest absolute Gasteiger partial charge is 0.397 e. The number of ether oxygens (including phenoxy) is 6. The van der Waals surface area contributed by atoms with Gasteiger partial charge in [-0.15, -0.1) is 0 Å². The summed E-state index contributed by atoms with van der Waals surface area (Å²) in [6.45, 7) is 9.06. The summed E-state index contributed by atoms with van der Waals surface area (Å²) in [5, 5.41) is 132. The lowest BCUT2D eigenvalue weighted by molar-refractivity contribution is -0.397. The Morgan fingerprint density at radius 2 is 1.33 bits per heavy atom. The Morgan fingerprint density at radius 3 is 1.93 bits per heavy atom. The number of hydrogen-bond acceptors (Lipinski definition) is 21. The molecule has 8 aliphatic rings. The van der Waals surface area contributed by atoms with Gasteiger partial charge in [-0.25, -0.2) is 4.18 Å². The Bertz CT molecular complexity index is 2180. The number of aliphatic hydroxyl groups excluding tert-OH is 11. The standard InChI is InChI=1S/C48H76O23S/c1-21-30(54)37(69-40-35(59)33(57)36(25(18-50)67-40)71-72(62,63)64)38(70-39-34(58)32(56)31(55)24(17-49)66-39)41(65-21)68-29-10-11-44(3)26(45(29,4)19-51)9-12-46(5)27(44)8-7-22-23-15-43(2,42(60)61)13-14-48(23,20-52)28(53)16-47(22,46)6/h7-8,21,24-41,49-59H,9-20H2,1-6H3,(H,60,61)(H,62,63,64)/t21-,24-,25-,26-,27-,28-,29+,30+,31-,32+,33-,34-,35-,36-,37+,38-,39+,40+,41+,43+,44+,45+,46-,47-,48-/m1/s1. The lowest BCUT2D eigenvalue weighted by Gasteiger charge is -2.70. The first-order valence-corrected chi connectivity index (χ1v) is 26.3. The lowest BCUT2D eigenvalue weighted by Crippen LogP contribution is -2.68. The highest BCUT2D eigenvalue weighted by molar-refractivity contribution is 7.80. The van der Waals surface area contributed by atoms with Crippen LogP contribution >= 0.6 is 0 Å². The quantitative estimate of drug-likeness (QED) is 0.0729. The maximum Gasteiger partial charge on any atom is 0.397 e. The molecule has 0 radical (unpaired) electrons. The number of allylic oxidation sites excluding steroid dienone is 3. The number of rotatable bonds is 13. The van der Waals surface area contributed by atoms with Gasteiger partial charge in [0.1, 0.15) is 67.1 Å². The molecule has 6 fully saturated rings. The van der Waals surface area contributed by atoms with Gasteiger partial charge in [-0.1, -0.05) is 45.4 Å². The van der Waals surface area contributed by atoms with Gasteiger partial charge in [0, 0.05) is 16.2 Å². The van der Waals surface area contributed by atoms with Gasteiger partial charge >= 0.3 is 16.4 Å². The molecule has 0 bridgehead atoms. The Morgan fingerprint density at radius 1 is 0.708 bits per heavy atom. The Kier molecular flexibility index (Phi) is 15.5.